The zero-order valence-corrected chi connectivity index (χ0v) is 35.8. The van der Waals surface area contributed by atoms with Crippen LogP contribution < -0.4 is 0 Å². The number of aliphatic hydroxyl groups is 2. The number of Topliss-reactive ketones (excluding diaryl/α,β-unsaturated/α-hetero) is 1. The minimum absolute atomic E-state index is 0.00737. The maximum atomic E-state index is 12.7. The van der Waals surface area contributed by atoms with Crippen LogP contribution >= 0.6 is 7.82 Å². The number of hydrogen-bond acceptors (Lipinski definition) is 10. The summed E-state index contributed by atoms with van der Waals surface area (Å²) in [7, 11) is 1.34. The van der Waals surface area contributed by atoms with Crippen LogP contribution in [0.25, 0.3) is 0 Å². The number of carbonyl (C=O) groups excluding carboxylic acids is 3. The molecule has 0 radical (unpaired) electrons. The summed E-state index contributed by atoms with van der Waals surface area (Å²) >= 11 is 0. The summed E-state index contributed by atoms with van der Waals surface area (Å²) in [5.74, 6) is -1.52. The molecular weight excluding hydrogens is 725 g/mol. The number of rotatable bonds is 34. The fourth-order valence-electron chi connectivity index (χ4n) is 6.43. The lowest BCUT2D eigenvalue weighted by atomic mass is 9.88. The summed E-state index contributed by atoms with van der Waals surface area (Å²) in [6.07, 6.45) is 22.8. The molecule has 320 valence electrons. The SMILES string of the molecule is CCCC/C=C\CCCCCCCC(=O)O[C@H](COC(=O)CCCCCC[C@H]1[C@@H](O)CC(=O)[C@@H]1/C=C/[C@@H](O)CCCCC)COP(=O)(O)OCC[N+](C)(C)C. The van der Waals surface area contributed by atoms with Gasteiger partial charge >= 0.3 is 19.8 Å². The monoisotopic (exact) mass is 803 g/mol. The summed E-state index contributed by atoms with van der Waals surface area (Å²) in [4.78, 5) is 48.0. The summed E-state index contributed by atoms with van der Waals surface area (Å²) in [5, 5.41) is 20.8. The maximum Gasteiger partial charge on any atom is 0.472 e. The van der Waals surface area contributed by atoms with Crippen molar-refractivity contribution in [1.29, 1.82) is 0 Å². The first-order valence-corrected chi connectivity index (χ1v) is 22.7. The van der Waals surface area contributed by atoms with Crippen LogP contribution in [0.1, 0.15) is 149 Å². The second-order valence-corrected chi connectivity index (χ2v) is 17.6. The molecule has 0 saturated heterocycles. The first-order valence-electron chi connectivity index (χ1n) is 21.2. The zero-order valence-electron chi connectivity index (χ0n) is 34.9. The number of phosphoric ester groups is 1. The number of ether oxygens (including phenoxy) is 2. The lowest BCUT2D eigenvalue weighted by molar-refractivity contribution is -0.870. The van der Waals surface area contributed by atoms with Crippen molar-refractivity contribution in [3.63, 3.8) is 0 Å². The summed E-state index contributed by atoms with van der Waals surface area (Å²) < 4.78 is 34.2. The molecule has 6 atom stereocenters. The third-order valence-electron chi connectivity index (χ3n) is 9.86. The summed E-state index contributed by atoms with van der Waals surface area (Å²) in [5.41, 5.74) is 0. The van der Waals surface area contributed by atoms with Gasteiger partial charge in [-0.2, -0.15) is 0 Å². The Hall–Kier alpha value is -1.92. The van der Waals surface area contributed by atoms with E-state index in [1.807, 2.05) is 21.1 Å². The molecule has 1 rings (SSSR count). The van der Waals surface area contributed by atoms with Crippen molar-refractivity contribution >= 4 is 25.5 Å². The highest BCUT2D eigenvalue weighted by Gasteiger charge is 2.39. The highest BCUT2D eigenvalue weighted by molar-refractivity contribution is 7.47. The van der Waals surface area contributed by atoms with Crippen LogP contribution in [-0.4, -0.2) is 103 Å². The van der Waals surface area contributed by atoms with Gasteiger partial charge in [0.05, 0.1) is 40.0 Å². The molecule has 12 nitrogen and oxygen atoms in total. The largest absolute Gasteiger partial charge is 0.472 e. The number of ketones is 1. The van der Waals surface area contributed by atoms with Crippen molar-refractivity contribution in [2.45, 2.75) is 167 Å². The predicted molar refractivity (Wildman–Crippen MR) is 216 cm³/mol. The number of esters is 2. The van der Waals surface area contributed by atoms with E-state index in [1.165, 1.54) is 12.8 Å². The van der Waals surface area contributed by atoms with Crippen LogP contribution in [0, 0.1) is 11.8 Å². The average Bonchev–Trinajstić information content (AvgIpc) is 3.39. The molecule has 1 fully saturated rings. The Morgan fingerprint density at radius 1 is 0.836 bits per heavy atom. The van der Waals surface area contributed by atoms with Crippen molar-refractivity contribution in [2.24, 2.45) is 11.8 Å². The van der Waals surface area contributed by atoms with Gasteiger partial charge in [-0.3, -0.25) is 23.4 Å². The van der Waals surface area contributed by atoms with Gasteiger partial charge in [0.1, 0.15) is 25.5 Å². The van der Waals surface area contributed by atoms with E-state index in [9.17, 15) is 34.1 Å². The molecule has 3 N–H and O–H groups in total. The van der Waals surface area contributed by atoms with Gasteiger partial charge in [0.25, 0.3) is 0 Å². The molecule has 55 heavy (non-hydrogen) atoms. The molecule has 13 heteroatoms. The molecule has 0 bridgehead atoms. The Balaban J connectivity index is 2.50. The van der Waals surface area contributed by atoms with Crippen molar-refractivity contribution in [2.75, 3.05) is 47.5 Å². The van der Waals surface area contributed by atoms with Crippen molar-refractivity contribution in [3.05, 3.63) is 24.3 Å². The van der Waals surface area contributed by atoms with E-state index in [2.05, 4.69) is 26.0 Å². The highest BCUT2D eigenvalue weighted by atomic mass is 31.2. The molecule has 1 unspecified atom stereocenters. The molecule has 0 aliphatic heterocycles. The molecule has 1 saturated carbocycles. The number of phosphoric acid groups is 1. The fourth-order valence-corrected chi connectivity index (χ4v) is 7.17. The van der Waals surface area contributed by atoms with Gasteiger partial charge in [0.2, 0.25) is 0 Å². The van der Waals surface area contributed by atoms with Gasteiger partial charge < -0.3 is 29.1 Å². The van der Waals surface area contributed by atoms with Gasteiger partial charge in [0.15, 0.2) is 6.10 Å². The average molecular weight is 803 g/mol. The Morgan fingerprint density at radius 3 is 2.13 bits per heavy atom. The molecule has 0 amide bonds. The fraction of sp³-hybridized carbons (Fsp3) is 0.833. The lowest BCUT2D eigenvalue weighted by Crippen LogP contribution is -2.37. The summed E-state index contributed by atoms with van der Waals surface area (Å²) in [6.45, 7) is 3.98. The van der Waals surface area contributed by atoms with Gasteiger partial charge in [-0.15, -0.1) is 0 Å². The smallest absolute Gasteiger partial charge is 0.462 e. The van der Waals surface area contributed by atoms with Crippen molar-refractivity contribution in [3.8, 4) is 0 Å². The van der Waals surface area contributed by atoms with Crippen LogP contribution in [0.5, 0.6) is 0 Å². The quantitative estimate of drug-likeness (QED) is 0.0189. The standard InChI is InChI=1S/C42H76NO11P/c1-6-8-10-11-12-13-14-15-16-17-23-27-42(48)54-36(34-53-55(49,50)52-31-30-43(3,4)5)33-51-41(47)26-22-19-18-21-25-37-38(40(46)32-39(37)45)29-28-35(44)24-20-9-7-2/h11-12,28-29,35-39,44-45H,6-10,13-27,30-34H2,1-5H3/p+1/b12-11-,29-28+/t35-,36+,37+,38+,39-/m0/s1. The molecule has 0 aromatic rings. The van der Waals surface area contributed by atoms with Crippen LogP contribution in [0.2, 0.25) is 0 Å². The molecule has 0 heterocycles. The number of carbonyl (C=O) groups is 3. The first kappa shape index (κ1) is 51.1. The number of quaternary nitrogens is 1. The second-order valence-electron chi connectivity index (χ2n) is 16.2. The Bertz CT molecular complexity index is 1150. The number of nitrogens with zero attached hydrogens (tertiary/aromatic N) is 1. The second kappa shape index (κ2) is 30.2. The molecule has 0 aromatic heterocycles. The van der Waals surface area contributed by atoms with Crippen LogP contribution in [0.15, 0.2) is 24.3 Å². The number of aliphatic hydroxyl groups excluding tert-OH is 2. The first-order chi connectivity index (χ1) is 26.2. The Morgan fingerprint density at radius 2 is 1.45 bits per heavy atom. The highest BCUT2D eigenvalue weighted by Crippen LogP contribution is 2.43. The van der Waals surface area contributed by atoms with E-state index in [0.29, 0.717) is 36.7 Å². The zero-order chi connectivity index (χ0) is 41.0. The topological polar surface area (TPSA) is 166 Å². The number of hydrogen-bond donors (Lipinski definition) is 3. The van der Waals surface area contributed by atoms with Crippen LogP contribution in [-0.2, 0) is 37.5 Å². The van der Waals surface area contributed by atoms with E-state index in [0.717, 1.165) is 77.0 Å². The van der Waals surface area contributed by atoms with E-state index in [1.54, 1.807) is 12.2 Å². The van der Waals surface area contributed by atoms with E-state index >= 15 is 0 Å². The van der Waals surface area contributed by atoms with Gasteiger partial charge in [-0.1, -0.05) is 109 Å². The maximum absolute atomic E-state index is 12.7. The molecule has 0 spiro atoms. The van der Waals surface area contributed by atoms with Gasteiger partial charge in [0, 0.05) is 25.2 Å². The number of likely N-dealkylation sites (N-methyl/N-ethyl adjacent to an activating group) is 1. The van der Waals surface area contributed by atoms with E-state index < -0.39 is 44.7 Å². The van der Waals surface area contributed by atoms with E-state index in [-0.39, 0.29) is 50.1 Å². The Labute approximate surface area is 332 Å². The normalized spacial score (nSPS) is 19.9. The molecule has 1 aliphatic rings. The minimum Gasteiger partial charge on any atom is -0.462 e. The number of unbranched alkanes of at least 4 members (excludes halogenated alkanes) is 12. The summed E-state index contributed by atoms with van der Waals surface area (Å²) in [6, 6.07) is 0. The van der Waals surface area contributed by atoms with Crippen molar-refractivity contribution in [1.82, 2.24) is 0 Å². The van der Waals surface area contributed by atoms with Crippen molar-refractivity contribution < 1.29 is 57.1 Å². The lowest BCUT2D eigenvalue weighted by Gasteiger charge is -2.24. The Kier molecular flexibility index (Phi) is 28.1. The third-order valence-corrected chi connectivity index (χ3v) is 10.8. The molecule has 0 aromatic carbocycles. The van der Waals surface area contributed by atoms with Crippen LogP contribution in [0.4, 0.5) is 0 Å². The third kappa shape index (κ3) is 27.4. The predicted octanol–water partition coefficient (Wildman–Crippen LogP) is 8.16. The minimum atomic E-state index is -4.43. The van der Waals surface area contributed by atoms with Crippen LogP contribution in [0.3, 0.4) is 0 Å². The molecular formula is C42H77NO11P+. The number of allylic oxidation sites excluding steroid dienone is 3. The molecule has 1 aliphatic carbocycles. The van der Waals surface area contributed by atoms with E-state index in [4.69, 9.17) is 18.5 Å². The van der Waals surface area contributed by atoms with Gasteiger partial charge in [-0.05, 0) is 50.9 Å². The van der Waals surface area contributed by atoms with Gasteiger partial charge in [-0.25, -0.2) is 4.57 Å².